The number of benzene rings is 10. The average Bonchev–Trinajstić information content (AvgIpc) is 4.05. The molecule has 0 aliphatic carbocycles. The van der Waals surface area contributed by atoms with Crippen molar-refractivity contribution < 1.29 is 8.83 Å². The molecular formula is C60H38N2O2. The number of hydrogen-bond donors (Lipinski definition) is 0. The van der Waals surface area contributed by atoms with Crippen molar-refractivity contribution in [1.82, 2.24) is 4.57 Å². The summed E-state index contributed by atoms with van der Waals surface area (Å²) < 4.78 is 15.9. The second-order valence-electron chi connectivity index (χ2n) is 16.4. The van der Waals surface area contributed by atoms with Gasteiger partial charge >= 0.3 is 0 Å². The molecule has 300 valence electrons. The fraction of sp³-hybridized carbons (Fsp3) is 0. The highest BCUT2D eigenvalue weighted by atomic mass is 16.3. The molecule has 0 fully saturated rings. The molecule has 3 heterocycles. The Labute approximate surface area is 369 Å². The summed E-state index contributed by atoms with van der Waals surface area (Å²) in [6, 6.07) is 82.2. The standard InChI is InChI=1S/C60H38N2O2/c1-3-18-39(19-4-1)42-22-7-11-30-51(42)62-52-31-12-8-25-50(52)58-53(32-17-33-54(58)62)61(41-20-5-2-6-21-41)55-38-40(43-26-15-28-48-45-23-9-13-34-56(45)63-59(43)48)36-37-44(55)47-27-16-29-49-46-24-10-14-35-57(46)64-60(47)49/h1-38H. The van der Waals surface area contributed by atoms with Crippen molar-refractivity contribution in [3.63, 3.8) is 0 Å². The normalized spacial score (nSPS) is 11.8. The van der Waals surface area contributed by atoms with Gasteiger partial charge in [-0.15, -0.1) is 0 Å². The molecule has 0 aliphatic heterocycles. The minimum Gasteiger partial charge on any atom is -0.455 e. The van der Waals surface area contributed by atoms with E-state index in [9.17, 15) is 0 Å². The molecule has 0 unspecified atom stereocenters. The first-order chi connectivity index (χ1) is 31.8. The molecule has 13 aromatic rings. The van der Waals surface area contributed by atoms with Gasteiger partial charge in [0, 0.05) is 60.3 Å². The largest absolute Gasteiger partial charge is 0.455 e. The van der Waals surface area contributed by atoms with Gasteiger partial charge in [0.05, 0.1) is 28.1 Å². The van der Waals surface area contributed by atoms with Gasteiger partial charge in [0.25, 0.3) is 0 Å². The summed E-state index contributed by atoms with van der Waals surface area (Å²) in [4.78, 5) is 2.45. The van der Waals surface area contributed by atoms with Crippen molar-refractivity contribution in [2.75, 3.05) is 4.90 Å². The van der Waals surface area contributed by atoms with Crippen LogP contribution < -0.4 is 4.90 Å². The van der Waals surface area contributed by atoms with Gasteiger partial charge in [-0.05, 0) is 65.7 Å². The van der Waals surface area contributed by atoms with Crippen LogP contribution in [-0.4, -0.2) is 4.57 Å². The minimum atomic E-state index is 0.859. The fourth-order valence-corrected chi connectivity index (χ4v) is 10.0. The Bertz CT molecular complexity index is 3910. The van der Waals surface area contributed by atoms with E-state index in [1.165, 1.54) is 16.5 Å². The smallest absolute Gasteiger partial charge is 0.143 e. The van der Waals surface area contributed by atoms with Crippen LogP contribution >= 0.6 is 0 Å². The maximum Gasteiger partial charge on any atom is 0.143 e. The summed E-state index contributed by atoms with van der Waals surface area (Å²) in [7, 11) is 0. The number of aromatic nitrogens is 1. The molecule has 3 aromatic heterocycles. The first-order valence-corrected chi connectivity index (χ1v) is 21.8. The lowest BCUT2D eigenvalue weighted by Gasteiger charge is -2.29. The molecule has 0 saturated carbocycles. The van der Waals surface area contributed by atoms with Gasteiger partial charge in [0.2, 0.25) is 0 Å². The van der Waals surface area contributed by atoms with Crippen LogP contribution in [-0.2, 0) is 0 Å². The van der Waals surface area contributed by atoms with Gasteiger partial charge in [-0.3, -0.25) is 0 Å². The zero-order valence-electron chi connectivity index (χ0n) is 34.7. The van der Waals surface area contributed by atoms with Crippen LogP contribution in [0.3, 0.4) is 0 Å². The molecule has 10 aromatic carbocycles. The number of furan rings is 2. The zero-order valence-corrected chi connectivity index (χ0v) is 34.7. The Morgan fingerprint density at radius 1 is 0.328 bits per heavy atom. The summed E-state index contributed by atoms with van der Waals surface area (Å²) in [5.41, 5.74) is 16.5. The lowest BCUT2D eigenvalue weighted by atomic mass is 9.94. The van der Waals surface area contributed by atoms with Crippen LogP contribution in [0.1, 0.15) is 0 Å². The Balaban J connectivity index is 1.13. The Kier molecular flexibility index (Phi) is 8.18. The predicted molar refractivity (Wildman–Crippen MR) is 266 cm³/mol. The van der Waals surface area contributed by atoms with Crippen molar-refractivity contribution in [3.05, 3.63) is 231 Å². The number of rotatable bonds is 7. The first kappa shape index (κ1) is 36.1. The molecule has 4 nitrogen and oxygen atoms in total. The third-order valence-electron chi connectivity index (χ3n) is 12.8. The van der Waals surface area contributed by atoms with E-state index in [0.717, 1.165) is 105 Å². The maximum atomic E-state index is 6.78. The number of hydrogen-bond acceptors (Lipinski definition) is 3. The Hall–Kier alpha value is -8.60. The molecule has 0 spiro atoms. The topological polar surface area (TPSA) is 34.5 Å². The highest BCUT2D eigenvalue weighted by Crippen LogP contribution is 2.50. The van der Waals surface area contributed by atoms with Crippen molar-refractivity contribution in [2.24, 2.45) is 0 Å². The van der Waals surface area contributed by atoms with Gasteiger partial charge in [-0.1, -0.05) is 176 Å². The third-order valence-corrected chi connectivity index (χ3v) is 12.8. The molecule has 0 saturated heterocycles. The quantitative estimate of drug-likeness (QED) is 0.161. The van der Waals surface area contributed by atoms with E-state index >= 15 is 0 Å². The molecule has 64 heavy (non-hydrogen) atoms. The van der Waals surface area contributed by atoms with Crippen LogP contribution in [0.2, 0.25) is 0 Å². The molecule has 0 atom stereocenters. The summed E-state index contributed by atoms with van der Waals surface area (Å²) >= 11 is 0. The second-order valence-corrected chi connectivity index (χ2v) is 16.4. The highest BCUT2D eigenvalue weighted by Gasteiger charge is 2.26. The van der Waals surface area contributed by atoms with E-state index in [-0.39, 0.29) is 0 Å². The van der Waals surface area contributed by atoms with E-state index in [0.29, 0.717) is 0 Å². The fourth-order valence-electron chi connectivity index (χ4n) is 10.0. The number of anilines is 3. The molecule has 4 heteroatoms. The van der Waals surface area contributed by atoms with E-state index in [1.54, 1.807) is 0 Å². The van der Waals surface area contributed by atoms with Crippen molar-refractivity contribution in [1.29, 1.82) is 0 Å². The number of fused-ring (bicyclic) bond motifs is 9. The van der Waals surface area contributed by atoms with Crippen LogP contribution in [0, 0.1) is 0 Å². The molecular weight excluding hydrogens is 781 g/mol. The van der Waals surface area contributed by atoms with Gasteiger partial charge in [0.1, 0.15) is 22.3 Å². The molecule has 0 aliphatic rings. The van der Waals surface area contributed by atoms with Crippen LogP contribution in [0.25, 0.3) is 105 Å². The third kappa shape index (κ3) is 5.56. The van der Waals surface area contributed by atoms with Crippen LogP contribution in [0.15, 0.2) is 239 Å². The summed E-state index contributed by atoms with van der Waals surface area (Å²) in [5.74, 6) is 0. The molecule has 0 radical (unpaired) electrons. The van der Waals surface area contributed by atoms with Gasteiger partial charge in [0.15, 0.2) is 0 Å². The second kappa shape index (κ2) is 14.5. The van der Waals surface area contributed by atoms with E-state index < -0.39 is 0 Å². The van der Waals surface area contributed by atoms with E-state index in [2.05, 4.69) is 222 Å². The Morgan fingerprint density at radius 3 is 1.62 bits per heavy atom. The maximum absolute atomic E-state index is 6.78. The van der Waals surface area contributed by atoms with E-state index in [1.807, 2.05) is 18.2 Å². The van der Waals surface area contributed by atoms with E-state index in [4.69, 9.17) is 8.83 Å². The van der Waals surface area contributed by atoms with Crippen LogP contribution in [0.4, 0.5) is 17.1 Å². The first-order valence-electron chi connectivity index (χ1n) is 21.8. The number of nitrogens with zero attached hydrogens (tertiary/aromatic N) is 2. The molecule has 0 bridgehead atoms. The van der Waals surface area contributed by atoms with Gasteiger partial charge in [-0.25, -0.2) is 0 Å². The van der Waals surface area contributed by atoms with Crippen LogP contribution in [0.5, 0.6) is 0 Å². The molecule has 13 rings (SSSR count). The lowest BCUT2D eigenvalue weighted by Crippen LogP contribution is -2.12. The van der Waals surface area contributed by atoms with Crippen molar-refractivity contribution >= 4 is 82.7 Å². The lowest BCUT2D eigenvalue weighted by molar-refractivity contribution is 0.669. The summed E-state index contributed by atoms with van der Waals surface area (Å²) in [5, 5.41) is 6.71. The monoisotopic (exact) mass is 818 g/mol. The summed E-state index contributed by atoms with van der Waals surface area (Å²) in [6.07, 6.45) is 0. The minimum absolute atomic E-state index is 0.859. The molecule has 0 N–H and O–H groups in total. The Morgan fingerprint density at radius 2 is 0.875 bits per heavy atom. The van der Waals surface area contributed by atoms with Crippen molar-refractivity contribution in [2.45, 2.75) is 0 Å². The SMILES string of the molecule is c1ccc(-c2ccccc2-n2c3ccccc3c3c(N(c4ccccc4)c4cc(-c5cccc6c5oc5ccccc56)ccc4-c4cccc5c4oc4ccccc45)cccc32)cc1. The summed E-state index contributed by atoms with van der Waals surface area (Å²) in [6.45, 7) is 0. The van der Waals surface area contributed by atoms with Crippen molar-refractivity contribution in [3.8, 4) is 39.1 Å². The number of para-hydroxylation sites is 7. The molecule has 0 amide bonds. The van der Waals surface area contributed by atoms with Gasteiger partial charge < -0.3 is 18.3 Å². The van der Waals surface area contributed by atoms with Gasteiger partial charge in [-0.2, -0.15) is 0 Å². The zero-order chi connectivity index (χ0) is 42.1. The predicted octanol–water partition coefficient (Wildman–Crippen LogP) is 17.1. The average molecular weight is 819 g/mol. The highest BCUT2D eigenvalue weighted by molar-refractivity contribution is 6.18.